The van der Waals surface area contributed by atoms with Crippen LogP contribution in [0.2, 0.25) is 14.4 Å². The van der Waals surface area contributed by atoms with Crippen LogP contribution in [0.1, 0.15) is 17.8 Å². The number of thiophene rings is 1. The van der Waals surface area contributed by atoms with Gasteiger partial charge in [-0.1, -0.05) is 41.7 Å². The fraction of sp³-hybridized carbons (Fsp3) is 0.200. The second kappa shape index (κ2) is 6.32. The monoisotopic (exact) mass is 388 g/mol. The first kappa shape index (κ1) is 16.6. The summed E-state index contributed by atoms with van der Waals surface area (Å²) < 4.78 is 0.637. The largest absolute Gasteiger partial charge is 0.477 e. The molecule has 2 heterocycles. The van der Waals surface area contributed by atoms with Crippen LogP contribution in [0.4, 0.5) is 5.69 Å². The molecule has 0 spiro atoms. The van der Waals surface area contributed by atoms with Gasteiger partial charge in [-0.25, -0.2) is 4.79 Å². The maximum Gasteiger partial charge on any atom is 0.352 e. The predicted octanol–water partition coefficient (Wildman–Crippen LogP) is 5.35. The van der Waals surface area contributed by atoms with Crippen LogP contribution < -0.4 is 5.01 Å². The first-order valence-corrected chi connectivity index (χ1v) is 8.65. The molecule has 1 N–H and O–H groups in total. The smallest absolute Gasteiger partial charge is 0.352 e. The van der Waals surface area contributed by atoms with Gasteiger partial charge in [0, 0.05) is 15.8 Å². The highest BCUT2D eigenvalue weighted by Crippen LogP contribution is 2.44. The second-order valence-electron chi connectivity index (χ2n) is 5.11. The standard InChI is InChI=1S/C15H11Cl3N2O2S/c1-7-13(15(21)22)19-20(10-3-2-8(16)6-9(10)17)14(7)11-4-5-12(18)23-11/h2-7,14H,1H3,(H,21,22). The van der Waals surface area contributed by atoms with Gasteiger partial charge in [0.05, 0.1) is 21.1 Å². The highest BCUT2D eigenvalue weighted by molar-refractivity contribution is 7.16. The number of carboxylic acids is 1. The third-order valence-corrected chi connectivity index (χ3v) is 5.48. The molecule has 3 rings (SSSR count). The number of carboxylic acid groups (broad SMARTS) is 1. The number of carbonyl (C=O) groups is 1. The summed E-state index contributed by atoms with van der Waals surface area (Å²) in [6.45, 7) is 1.83. The number of rotatable bonds is 3. The molecular weight excluding hydrogens is 379 g/mol. The Kier molecular flexibility index (Phi) is 4.56. The van der Waals surface area contributed by atoms with E-state index in [9.17, 15) is 9.90 Å². The van der Waals surface area contributed by atoms with Crippen LogP contribution in [0.25, 0.3) is 0 Å². The van der Waals surface area contributed by atoms with E-state index in [1.165, 1.54) is 11.3 Å². The Hall–Kier alpha value is -1.27. The Morgan fingerprint density at radius 2 is 2.00 bits per heavy atom. The summed E-state index contributed by atoms with van der Waals surface area (Å²) in [6, 6.07) is 8.42. The number of hydrogen-bond donors (Lipinski definition) is 1. The molecule has 0 aliphatic carbocycles. The number of aliphatic carboxylic acids is 1. The van der Waals surface area contributed by atoms with E-state index < -0.39 is 5.97 Å². The summed E-state index contributed by atoms with van der Waals surface area (Å²) in [6.07, 6.45) is 0. The van der Waals surface area contributed by atoms with Gasteiger partial charge in [-0.2, -0.15) is 5.10 Å². The van der Waals surface area contributed by atoms with E-state index in [4.69, 9.17) is 34.8 Å². The van der Waals surface area contributed by atoms with E-state index in [0.29, 0.717) is 20.1 Å². The zero-order chi connectivity index (χ0) is 16.7. The average Bonchev–Trinajstić information content (AvgIpc) is 3.02. The summed E-state index contributed by atoms with van der Waals surface area (Å²) in [5, 5.41) is 16.2. The number of hydrazone groups is 1. The number of anilines is 1. The number of nitrogens with zero attached hydrogens (tertiary/aromatic N) is 2. The summed E-state index contributed by atoms with van der Waals surface area (Å²) >= 11 is 19.6. The number of halogens is 3. The van der Waals surface area contributed by atoms with E-state index in [1.54, 1.807) is 29.3 Å². The van der Waals surface area contributed by atoms with E-state index >= 15 is 0 Å². The first-order valence-electron chi connectivity index (χ1n) is 6.70. The van der Waals surface area contributed by atoms with Crippen molar-refractivity contribution in [2.45, 2.75) is 13.0 Å². The SMILES string of the molecule is CC1C(C(=O)O)=NN(c2ccc(Cl)cc2Cl)C1c1ccc(Cl)s1. The van der Waals surface area contributed by atoms with Crippen molar-refractivity contribution in [2.75, 3.05) is 5.01 Å². The van der Waals surface area contributed by atoms with Crippen molar-refractivity contribution < 1.29 is 9.90 Å². The van der Waals surface area contributed by atoms with Crippen molar-refractivity contribution in [3.8, 4) is 0 Å². The number of benzene rings is 1. The third-order valence-electron chi connectivity index (χ3n) is 3.65. The molecule has 23 heavy (non-hydrogen) atoms. The van der Waals surface area contributed by atoms with Gasteiger partial charge in [0.15, 0.2) is 5.71 Å². The van der Waals surface area contributed by atoms with Gasteiger partial charge >= 0.3 is 5.97 Å². The van der Waals surface area contributed by atoms with Crippen LogP contribution in [0.15, 0.2) is 35.4 Å². The van der Waals surface area contributed by atoms with E-state index in [1.807, 2.05) is 13.0 Å². The highest BCUT2D eigenvalue weighted by atomic mass is 35.5. The third kappa shape index (κ3) is 3.06. The summed E-state index contributed by atoms with van der Waals surface area (Å²) in [4.78, 5) is 12.4. The molecule has 2 unspecified atom stereocenters. The van der Waals surface area contributed by atoms with Gasteiger partial charge in [0.1, 0.15) is 0 Å². The lowest BCUT2D eigenvalue weighted by molar-refractivity contribution is -0.129. The molecule has 1 aliphatic rings. The lowest BCUT2D eigenvalue weighted by Gasteiger charge is -2.26. The minimum absolute atomic E-state index is 0.0885. The Labute approximate surface area is 151 Å². The molecule has 1 aliphatic heterocycles. The molecule has 2 atom stereocenters. The quantitative estimate of drug-likeness (QED) is 0.770. The van der Waals surface area contributed by atoms with Crippen molar-refractivity contribution in [3.05, 3.63) is 49.6 Å². The van der Waals surface area contributed by atoms with E-state index in [0.717, 1.165) is 4.88 Å². The summed E-state index contributed by atoms with van der Waals surface area (Å²) in [7, 11) is 0. The van der Waals surface area contributed by atoms with Crippen molar-refractivity contribution in [1.82, 2.24) is 0 Å². The molecule has 0 saturated carbocycles. The van der Waals surface area contributed by atoms with Crippen molar-refractivity contribution in [2.24, 2.45) is 11.0 Å². The molecule has 0 amide bonds. The van der Waals surface area contributed by atoms with Gasteiger partial charge in [-0.3, -0.25) is 5.01 Å². The van der Waals surface area contributed by atoms with Crippen molar-refractivity contribution in [3.63, 3.8) is 0 Å². The lowest BCUT2D eigenvalue weighted by atomic mass is 9.96. The van der Waals surface area contributed by atoms with Gasteiger partial charge in [-0.15, -0.1) is 11.3 Å². The van der Waals surface area contributed by atoms with Crippen molar-refractivity contribution in [1.29, 1.82) is 0 Å². The normalized spacial score (nSPS) is 20.7. The average molecular weight is 390 g/mol. The van der Waals surface area contributed by atoms with Gasteiger partial charge in [0.2, 0.25) is 0 Å². The molecule has 2 aromatic rings. The minimum Gasteiger partial charge on any atom is -0.477 e. The summed E-state index contributed by atoms with van der Waals surface area (Å²) in [5.74, 6) is -1.35. The fourth-order valence-electron chi connectivity index (χ4n) is 2.59. The Bertz CT molecular complexity index is 806. The Morgan fingerprint density at radius 3 is 2.57 bits per heavy atom. The molecule has 4 nitrogen and oxygen atoms in total. The van der Waals surface area contributed by atoms with Crippen LogP contribution in [0.5, 0.6) is 0 Å². The first-order chi connectivity index (χ1) is 10.9. The molecule has 8 heteroatoms. The molecule has 120 valence electrons. The van der Waals surface area contributed by atoms with Crippen LogP contribution in [0.3, 0.4) is 0 Å². The Morgan fingerprint density at radius 1 is 1.26 bits per heavy atom. The minimum atomic E-state index is -1.04. The van der Waals surface area contributed by atoms with E-state index in [2.05, 4.69) is 5.10 Å². The maximum absolute atomic E-state index is 11.5. The fourth-order valence-corrected chi connectivity index (χ4v) is 4.34. The van der Waals surface area contributed by atoms with E-state index in [-0.39, 0.29) is 17.7 Å². The molecular formula is C15H11Cl3N2O2S. The zero-order valence-electron chi connectivity index (χ0n) is 11.8. The molecule has 0 saturated heterocycles. The van der Waals surface area contributed by atoms with Crippen LogP contribution in [-0.4, -0.2) is 16.8 Å². The molecule has 1 aromatic heterocycles. The van der Waals surface area contributed by atoms with Gasteiger partial charge < -0.3 is 5.11 Å². The van der Waals surface area contributed by atoms with Crippen LogP contribution >= 0.6 is 46.1 Å². The highest BCUT2D eigenvalue weighted by Gasteiger charge is 2.40. The lowest BCUT2D eigenvalue weighted by Crippen LogP contribution is -2.25. The molecule has 1 aromatic carbocycles. The zero-order valence-corrected chi connectivity index (χ0v) is 14.9. The predicted molar refractivity (Wildman–Crippen MR) is 95.2 cm³/mol. The van der Waals surface area contributed by atoms with Gasteiger partial charge in [-0.05, 0) is 30.3 Å². The number of hydrogen-bond acceptors (Lipinski definition) is 4. The van der Waals surface area contributed by atoms with Crippen molar-refractivity contribution >= 4 is 63.5 Å². The maximum atomic E-state index is 11.5. The topological polar surface area (TPSA) is 52.9 Å². The Balaban J connectivity index is 2.11. The van der Waals surface area contributed by atoms with Crippen LogP contribution in [0, 0.1) is 5.92 Å². The van der Waals surface area contributed by atoms with Gasteiger partial charge in [0.25, 0.3) is 0 Å². The van der Waals surface area contributed by atoms with Crippen LogP contribution in [-0.2, 0) is 4.79 Å². The molecule has 0 radical (unpaired) electrons. The second-order valence-corrected chi connectivity index (χ2v) is 7.70. The summed E-state index contributed by atoms with van der Waals surface area (Å²) in [5.41, 5.74) is 0.694. The molecule has 0 bridgehead atoms. The molecule has 0 fully saturated rings.